The lowest BCUT2D eigenvalue weighted by atomic mass is 10.1. The lowest BCUT2D eigenvalue weighted by molar-refractivity contribution is 0.283. The third-order valence-electron chi connectivity index (χ3n) is 2.69. The Kier molecular flexibility index (Phi) is 4.79. The summed E-state index contributed by atoms with van der Waals surface area (Å²) in [4.78, 5) is 0. The third kappa shape index (κ3) is 3.34. The van der Waals surface area contributed by atoms with Crippen LogP contribution in [-0.2, 0) is 13.0 Å². The highest BCUT2D eigenvalue weighted by Gasteiger charge is 2.04. The molecule has 2 aromatic rings. The molecule has 0 aliphatic carbocycles. The molecule has 18 heavy (non-hydrogen) atoms. The van der Waals surface area contributed by atoms with E-state index in [0.29, 0.717) is 13.0 Å². The van der Waals surface area contributed by atoms with Gasteiger partial charge in [0.1, 0.15) is 12.4 Å². The molecule has 0 aliphatic heterocycles. The van der Waals surface area contributed by atoms with Crippen LogP contribution >= 0.6 is 15.9 Å². The van der Waals surface area contributed by atoms with Gasteiger partial charge in [-0.2, -0.15) is 0 Å². The van der Waals surface area contributed by atoms with Crippen LogP contribution in [0.4, 0.5) is 0 Å². The lowest BCUT2D eigenvalue weighted by Crippen LogP contribution is -2.00. The number of hydrogen-bond acceptors (Lipinski definition) is 2. The van der Waals surface area contributed by atoms with Crippen molar-refractivity contribution in [3.63, 3.8) is 0 Å². The van der Waals surface area contributed by atoms with Crippen LogP contribution in [0.3, 0.4) is 0 Å². The van der Waals surface area contributed by atoms with Gasteiger partial charge >= 0.3 is 0 Å². The van der Waals surface area contributed by atoms with E-state index in [-0.39, 0.29) is 6.61 Å². The molecule has 0 atom stereocenters. The molecule has 2 rings (SSSR count). The van der Waals surface area contributed by atoms with Gasteiger partial charge < -0.3 is 9.84 Å². The summed E-state index contributed by atoms with van der Waals surface area (Å²) >= 11 is 3.50. The predicted octanol–water partition coefficient (Wildman–Crippen LogP) is 3.56. The number of hydrogen-bond donors (Lipinski definition) is 1. The Morgan fingerprint density at radius 1 is 0.944 bits per heavy atom. The molecule has 0 aromatic heterocycles. The van der Waals surface area contributed by atoms with Crippen molar-refractivity contribution in [2.24, 2.45) is 0 Å². The van der Waals surface area contributed by atoms with Crippen molar-refractivity contribution in [3.05, 3.63) is 64.1 Å². The van der Waals surface area contributed by atoms with E-state index in [0.717, 1.165) is 21.3 Å². The summed E-state index contributed by atoms with van der Waals surface area (Å²) in [6, 6.07) is 15.8. The summed E-state index contributed by atoms with van der Waals surface area (Å²) in [5.74, 6) is 0.835. The fraction of sp³-hybridized carbons (Fsp3) is 0.200. The van der Waals surface area contributed by atoms with E-state index >= 15 is 0 Å². The average Bonchev–Trinajstić information content (AvgIpc) is 2.40. The topological polar surface area (TPSA) is 29.5 Å². The molecule has 0 fully saturated rings. The third-order valence-corrected chi connectivity index (χ3v) is 3.47. The van der Waals surface area contributed by atoms with Crippen molar-refractivity contribution in [1.82, 2.24) is 0 Å². The maximum atomic E-state index is 9.01. The quantitative estimate of drug-likeness (QED) is 0.915. The van der Waals surface area contributed by atoms with Crippen LogP contribution in [0.5, 0.6) is 5.75 Å². The Morgan fingerprint density at radius 3 is 2.33 bits per heavy atom. The number of benzene rings is 2. The van der Waals surface area contributed by atoms with Gasteiger partial charge in [0.15, 0.2) is 0 Å². The van der Waals surface area contributed by atoms with Crippen LogP contribution in [0, 0.1) is 0 Å². The molecule has 0 unspecified atom stereocenters. The largest absolute Gasteiger partial charge is 0.489 e. The van der Waals surface area contributed by atoms with Gasteiger partial charge in [-0.1, -0.05) is 52.3 Å². The Balaban J connectivity index is 2.08. The van der Waals surface area contributed by atoms with Gasteiger partial charge in [-0.25, -0.2) is 0 Å². The normalized spacial score (nSPS) is 10.3. The highest BCUT2D eigenvalue weighted by molar-refractivity contribution is 9.10. The fourth-order valence-corrected chi connectivity index (χ4v) is 2.14. The Hall–Kier alpha value is -1.32. The van der Waals surface area contributed by atoms with Gasteiger partial charge in [-0.3, -0.25) is 0 Å². The second-order valence-electron chi connectivity index (χ2n) is 3.96. The number of aliphatic hydroxyl groups is 1. The lowest BCUT2D eigenvalue weighted by Gasteiger charge is -2.11. The summed E-state index contributed by atoms with van der Waals surface area (Å²) in [5.41, 5.74) is 2.14. The van der Waals surface area contributed by atoms with Gasteiger partial charge in [0, 0.05) is 16.6 Å². The first-order valence-corrected chi connectivity index (χ1v) is 6.65. The van der Waals surface area contributed by atoms with Gasteiger partial charge in [0.25, 0.3) is 0 Å². The molecular weight excluding hydrogens is 292 g/mol. The van der Waals surface area contributed by atoms with Crippen molar-refractivity contribution in [2.75, 3.05) is 6.61 Å². The molecular formula is C15H15BrO2. The van der Waals surface area contributed by atoms with Crippen molar-refractivity contribution in [2.45, 2.75) is 13.0 Å². The fourth-order valence-electron chi connectivity index (χ4n) is 1.74. The molecule has 2 nitrogen and oxygen atoms in total. The number of ether oxygens (including phenoxy) is 1. The number of aliphatic hydroxyl groups excluding tert-OH is 1. The minimum Gasteiger partial charge on any atom is -0.489 e. The van der Waals surface area contributed by atoms with Crippen LogP contribution < -0.4 is 4.74 Å². The first-order chi connectivity index (χ1) is 8.81. The molecule has 0 aliphatic rings. The van der Waals surface area contributed by atoms with E-state index in [1.165, 1.54) is 0 Å². The van der Waals surface area contributed by atoms with E-state index in [1.807, 2.05) is 48.5 Å². The van der Waals surface area contributed by atoms with Crippen molar-refractivity contribution in [1.29, 1.82) is 0 Å². The van der Waals surface area contributed by atoms with E-state index in [1.54, 1.807) is 0 Å². The van der Waals surface area contributed by atoms with Crippen LogP contribution in [0.1, 0.15) is 11.1 Å². The zero-order valence-corrected chi connectivity index (χ0v) is 11.6. The zero-order valence-electron chi connectivity index (χ0n) is 9.97. The van der Waals surface area contributed by atoms with Gasteiger partial charge in [0.2, 0.25) is 0 Å². The second kappa shape index (κ2) is 6.57. The summed E-state index contributed by atoms with van der Waals surface area (Å²) < 4.78 is 6.86. The molecule has 2 aromatic carbocycles. The van der Waals surface area contributed by atoms with E-state index in [9.17, 15) is 0 Å². The monoisotopic (exact) mass is 306 g/mol. The van der Waals surface area contributed by atoms with Crippen molar-refractivity contribution >= 4 is 15.9 Å². The van der Waals surface area contributed by atoms with E-state index < -0.39 is 0 Å². The molecule has 0 saturated carbocycles. The molecule has 1 N–H and O–H groups in total. The van der Waals surface area contributed by atoms with E-state index in [4.69, 9.17) is 9.84 Å². The summed E-state index contributed by atoms with van der Waals surface area (Å²) in [6.45, 7) is 0.652. The SMILES string of the molecule is OCCc1ccccc1OCc1ccccc1Br. The van der Waals surface area contributed by atoms with E-state index in [2.05, 4.69) is 15.9 Å². The molecule has 0 saturated heterocycles. The molecule has 0 amide bonds. The first kappa shape index (κ1) is 13.1. The average molecular weight is 307 g/mol. The van der Waals surface area contributed by atoms with Gasteiger partial charge in [0.05, 0.1) is 0 Å². The Labute approximate surface area is 115 Å². The first-order valence-electron chi connectivity index (χ1n) is 5.86. The molecule has 0 bridgehead atoms. The van der Waals surface area contributed by atoms with Crippen LogP contribution in [0.2, 0.25) is 0 Å². The second-order valence-corrected chi connectivity index (χ2v) is 4.82. The zero-order chi connectivity index (χ0) is 12.8. The maximum absolute atomic E-state index is 9.01. The van der Waals surface area contributed by atoms with Gasteiger partial charge in [-0.15, -0.1) is 0 Å². The van der Waals surface area contributed by atoms with Crippen molar-refractivity contribution < 1.29 is 9.84 Å². The number of para-hydroxylation sites is 1. The minimum absolute atomic E-state index is 0.134. The standard InChI is InChI=1S/C15H15BrO2/c16-14-7-3-1-6-13(14)11-18-15-8-4-2-5-12(15)9-10-17/h1-8,17H,9-11H2. The molecule has 0 heterocycles. The molecule has 94 valence electrons. The smallest absolute Gasteiger partial charge is 0.123 e. The Bertz CT molecular complexity index is 511. The summed E-state index contributed by atoms with van der Waals surface area (Å²) in [7, 11) is 0. The Morgan fingerprint density at radius 2 is 1.61 bits per heavy atom. The highest BCUT2D eigenvalue weighted by Crippen LogP contribution is 2.22. The van der Waals surface area contributed by atoms with Crippen molar-refractivity contribution in [3.8, 4) is 5.75 Å². The van der Waals surface area contributed by atoms with Crippen LogP contribution in [-0.4, -0.2) is 11.7 Å². The number of halogens is 1. The maximum Gasteiger partial charge on any atom is 0.123 e. The van der Waals surface area contributed by atoms with Crippen LogP contribution in [0.15, 0.2) is 53.0 Å². The number of rotatable bonds is 5. The van der Waals surface area contributed by atoms with Gasteiger partial charge in [-0.05, 0) is 24.1 Å². The molecule has 3 heteroatoms. The van der Waals surface area contributed by atoms with Crippen LogP contribution in [0.25, 0.3) is 0 Å². The molecule has 0 radical (unpaired) electrons. The predicted molar refractivity (Wildman–Crippen MR) is 75.7 cm³/mol. The molecule has 0 spiro atoms. The highest BCUT2D eigenvalue weighted by atomic mass is 79.9. The summed E-state index contributed by atoms with van der Waals surface area (Å²) in [5, 5.41) is 9.01. The summed E-state index contributed by atoms with van der Waals surface area (Å²) in [6.07, 6.45) is 0.617. The minimum atomic E-state index is 0.134.